The molecule has 4 rings (SSSR count). The van der Waals surface area contributed by atoms with Crippen LogP contribution < -0.4 is 16.0 Å². The zero-order valence-electron chi connectivity index (χ0n) is 20.9. The van der Waals surface area contributed by atoms with Crippen molar-refractivity contribution in [2.75, 3.05) is 30.8 Å². The van der Waals surface area contributed by atoms with E-state index in [-0.39, 0.29) is 23.1 Å². The number of benzene rings is 1. The van der Waals surface area contributed by atoms with Crippen molar-refractivity contribution >= 4 is 29.2 Å². The van der Waals surface area contributed by atoms with Gasteiger partial charge in [-0.3, -0.25) is 4.79 Å². The van der Waals surface area contributed by atoms with Crippen molar-refractivity contribution in [2.45, 2.75) is 46.1 Å². The highest BCUT2D eigenvalue weighted by molar-refractivity contribution is 5.99. The molecule has 3 aromatic rings. The van der Waals surface area contributed by atoms with E-state index in [4.69, 9.17) is 0 Å². The lowest BCUT2D eigenvalue weighted by Gasteiger charge is -2.26. The zero-order valence-corrected chi connectivity index (χ0v) is 20.9. The van der Waals surface area contributed by atoms with E-state index < -0.39 is 0 Å². The van der Waals surface area contributed by atoms with Crippen LogP contribution in [0, 0.1) is 5.82 Å². The Hall–Kier alpha value is -3.59. The van der Waals surface area contributed by atoms with Gasteiger partial charge in [-0.05, 0) is 50.2 Å². The maximum atomic E-state index is 14.8. The summed E-state index contributed by atoms with van der Waals surface area (Å²) in [6.07, 6.45) is 2.23. The number of nitrogens with zero attached hydrogens (tertiary/aromatic N) is 4. The van der Waals surface area contributed by atoms with Crippen LogP contribution in [0.1, 0.15) is 54.9 Å². The predicted octanol–water partition coefficient (Wildman–Crippen LogP) is 4.53. The standard InChI is InChI=1S/C26H32FN7O/c1-6-28-24(35)18-14-29-25(30-17-12-16-10-11-34(5)15-19(16)20(27)13-17)33-23(18)32-22-9-7-8-21(31-22)26(2,3)4/h7-9,12-14H,6,10-11,15H2,1-5H3,(H,28,35)(H2,29,30,31,32,33). The molecule has 0 radical (unpaired) electrons. The Morgan fingerprint density at radius 3 is 2.71 bits per heavy atom. The SMILES string of the molecule is CCNC(=O)c1cnc(Nc2cc(F)c3c(c2)CCN(C)C3)nc1Nc1cccc(C(C)(C)C)n1. The van der Waals surface area contributed by atoms with E-state index in [1.54, 1.807) is 0 Å². The van der Waals surface area contributed by atoms with Crippen LogP contribution in [0.25, 0.3) is 0 Å². The highest BCUT2D eigenvalue weighted by Gasteiger charge is 2.20. The molecule has 0 atom stereocenters. The van der Waals surface area contributed by atoms with Gasteiger partial charge in [0.15, 0.2) is 0 Å². The number of hydrogen-bond donors (Lipinski definition) is 3. The molecule has 1 amide bonds. The fourth-order valence-corrected chi connectivity index (χ4v) is 3.96. The third-order valence-corrected chi connectivity index (χ3v) is 5.87. The first-order chi connectivity index (χ1) is 16.6. The van der Waals surface area contributed by atoms with Crippen molar-refractivity contribution in [3.05, 3.63) is 64.7 Å². The third-order valence-electron chi connectivity index (χ3n) is 5.87. The third kappa shape index (κ3) is 5.74. The largest absolute Gasteiger partial charge is 0.352 e. The summed E-state index contributed by atoms with van der Waals surface area (Å²) < 4.78 is 14.8. The Bertz CT molecular complexity index is 1240. The summed E-state index contributed by atoms with van der Waals surface area (Å²) in [7, 11) is 1.99. The maximum absolute atomic E-state index is 14.8. The molecule has 9 heteroatoms. The normalized spacial score (nSPS) is 13.8. The van der Waals surface area contributed by atoms with Crippen molar-refractivity contribution in [2.24, 2.45) is 0 Å². The fourth-order valence-electron chi connectivity index (χ4n) is 3.96. The van der Waals surface area contributed by atoms with Gasteiger partial charge in [0.1, 0.15) is 23.0 Å². The van der Waals surface area contributed by atoms with Gasteiger partial charge < -0.3 is 20.9 Å². The highest BCUT2D eigenvalue weighted by Crippen LogP contribution is 2.28. The minimum absolute atomic E-state index is 0.135. The molecule has 2 aromatic heterocycles. The molecule has 184 valence electrons. The van der Waals surface area contributed by atoms with Gasteiger partial charge in [0.05, 0.1) is 0 Å². The van der Waals surface area contributed by atoms with Crippen LogP contribution in [-0.4, -0.2) is 45.9 Å². The molecule has 1 aromatic carbocycles. The van der Waals surface area contributed by atoms with Crippen LogP contribution in [0.5, 0.6) is 0 Å². The lowest BCUT2D eigenvalue weighted by molar-refractivity contribution is 0.0956. The number of halogens is 1. The summed E-state index contributed by atoms with van der Waals surface area (Å²) in [6, 6.07) is 9.09. The molecular weight excluding hydrogens is 445 g/mol. The number of rotatable bonds is 6. The number of carbonyl (C=O) groups is 1. The molecule has 0 fully saturated rings. The number of fused-ring (bicyclic) bond motifs is 1. The summed E-state index contributed by atoms with van der Waals surface area (Å²) in [5.41, 5.74) is 3.33. The van der Waals surface area contributed by atoms with Gasteiger partial charge in [-0.25, -0.2) is 14.4 Å². The number of carbonyl (C=O) groups excluding carboxylic acids is 1. The minimum atomic E-state index is -0.294. The average Bonchev–Trinajstić information content (AvgIpc) is 2.79. The smallest absolute Gasteiger partial charge is 0.256 e. The van der Waals surface area contributed by atoms with Crippen LogP contribution in [0.4, 0.5) is 27.7 Å². The molecule has 0 spiro atoms. The minimum Gasteiger partial charge on any atom is -0.352 e. The summed E-state index contributed by atoms with van der Waals surface area (Å²) >= 11 is 0. The maximum Gasteiger partial charge on any atom is 0.256 e. The molecule has 3 N–H and O–H groups in total. The number of amides is 1. The fraction of sp³-hybridized carbons (Fsp3) is 0.385. The van der Waals surface area contributed by atoms with E-state index in [0.29, 0.717) is 36.0 Å². The Labute approximate surface area is 205 Å². The second kappa shape index (κ2) is 9.95. The number of likely N-dealkylation sites (N-methyl/N-ethyl adjacent to an activating group) is 1. The summed E-state index contributed by atoms with van der Waals surface area (Å²) in [4.78, 5) is 28.3. The van der Waals surface area contributed by atoms with Crippen LogP contribution >= 0.6 is 0 Å². The van der Waals surface area contributed by atoms with E-state index in [1.165, 1.54) is 12.3 Å². The van der Waals surface area contributed by atoms with Gasteiger partial charge in [-0.2, -0.15) is 4.98 Å². The van der Waals surface area contributed by atoms with Crippen LogP contribution in [0.15, 0.2) is 36.5 Å². The second-order valence-corrected chi connectivity index (χ2v) is 9.81. The second-order valence-electron chi connectivity index (χ2n) is 9.81. The lowest BCUT2D eigenvalue weighted by atomic mass is 9.92. The number of aromatic nitrogens is 3. The molecule has 8 nitrogen and oxygen atoms in total. The molecule has 1 aliphatic heterocycles. The Balaban J connectivity index is 1.66. The Morgan fingerprint density at radius 2 is 1.97 bits per heavy atom. The average molecular weight is 478 g/mol. The van der Waals surface area contributed by atoms with Gasteiger partial charge >= 0.3 is 0 Å². The molecule has 0 unspecified atom stereocenters. The van der Waals surface area contributed by atoms with Gasteiger partial charge in [0, 0.05) is 48.2 Å². The molecule has 0 saturated carbocycles. The molecule has 0 aliphatic carbocycles. The highest BCUT2D eigenvalue weighted by atomic mass is 19.1. The van der Waals surface area contributed by atoms with E-state index in [0.717, 1.165) is 29.8 Å². The molecule has 1 aliphatic rings. The Kier molecular flexibility index (Phi) is 6.98. The van der Waals surface area contributed by atoms with Gasteiger partial charge in [-0.1, -0.05) is 26.8 Å². The van der Waals surface area contributed by atoms with Crippen molar-refractivity contribution in [3.8, 4) is 0 Å². The van der Waals surface area contributed by atoms with Crippen molar-refractivity contribution in [3.63, 3.8) is 0 Å². The molecule has 3 heterocycles. The van der Waals surface area contributed by atoms with Gasteiger partial charge in [0.25, 0.3) is 5.91 Å². The topological polar surface area (TPSA) is 95.1 Å². The first-order valence-corrected chi connectivity index (χ1v) is 11.8. The predicted molar refractivity (Wildman–Crippen MR) is 136 cm³/mol. The zero-order chi connectivity index (χ0) is 25.2. The van der Waals surface area contributed by atoms with Crippen molar-refractivity contribution in [1.82, 2.24) is 25.2 Å². The van der Waals surface area contributed by atoms with Gasteiger partial charge in [-0.15, -0.1) is 0 Å². The number of anilines is 4. The van der Waals surface area contributed by atoms with Crippen LogP contribution in [0.3, 0.4) is 0 Å². The summed E-state index contributed by atoms with van der Waals surface area (Å²) in [5, 5.41) is 9.06. The summed E-state index contributed by atoms with van der Waals surface area (Å²) in [5.74, 6) is 0.581. The van der Waals surface area contributed by atoms with Gasteiger partial charge in [0.2, 0.25) is 5.95 Å². The molecule has 0 saturated heterocycles. The first kappa shape index (κ1) is 24.5. The number of hydrogen-bond acceptors (Lipinski definition) is 7. The molecule has 35 heavy (non-hydrogen) atoms. The molecule has 0 bridgehead atoms. The Morgan fingerprint density at radius 1 is 1.17 bits per heavy atom. The monoisotopic (exact) mass is 477 g/mol. The van der Waals surface area contributed by atoms with Crippen LogP contribution in [-0.2, 0) is 18.4 Å². The van der Waals surface area contributed by atoms with Crippen molar-refractivity contribution in [1.29, 1.82) is 0 Å². The van der Waals surface area contributed by atoms with Crippen LogP contribution in [0.2, 0.25) is 0 Å². The first-order valence-electron chi connectivity index (χ1n) is 11.8. The van der Waals surface area contributed by atoms with E-state index >= 15 is 0 Å². The number of pyridine rings is 1. The van der Waals surface area contributed by atoms with Crippen molar-refractivity contribution < 1.29 is 9.18 Å². The van der Waals surface area contributed by atoms with E-state index in [2.05, 4.69) is 56.6 Å². The quantitative estimate of drug-likeness (QED) is 0.480. The summed E-state index contributed by atoms with van der Waals surface area (Å²) in [6.45, 7) is 10.0. The van der Waals surface area contributed by atoms with E-state index in [9.17, 15) is 9.18 Å². The molecular formula is C26H32FN7O. The van der Waals surface area contributed by atoms with E-state index in [1.807, 2.05) is 38.2 Å². The lowest BCUT2D eigenvalue weighted by Crippen LogP contribution is -2.27. The number of nitrogens with one attached hydrogen (secondary N) is 3.